The Bertz CT molecular complexity index is 353. The lowest BCUT2D eigenvalue weighted by molar-refractivity contribution is -0.164. The van der Waals surface area contributed by atoms with Crippen molar-refractivity contribution in [3.05, 3.63) is 0 Å². The van der Waals surface area contributed by atoms with E-state index in [1.807, 2.05) is 13.8 Å². The molecule has 1 atom stereocenters. The predicted molar refractivity (Wildman–Crippen MR) is 85.8 cm³/mol. The molecule has 0 saturated carbocycles. The van der Waals surface area contributed by atoms with Crippen LogP contribution in [0.15, 0.2) is 0 Å². The van der Waals surface area contributed by atoms with Gasteiger partial charge in [0.1, 0.15) is 12.7 Å². The third-order valence-electron chi connectivity index (χ3n) is 3.04. The second kappa shape index (κ2) is 14.0. The normalized spacial score (nSPS) is 11.6. The first-order valence-electron chi connectivity index (χ1n) is 8.54. The van der Waals surface area contributed by atoms with Gasteiger partial charge in [-0.25, -0.2) is 0 Å². The fourth-order valence-electron chi connectivity index (χ4n) is 1.83. The minimum atomic E-state index is -0.784. The zero-order valence-electron chi connectivity index (χ0n) is 14.6. The van der Waals surface area contributed by atoms with Gasteiger partial charge in [0.2, 0.25) is 0 Å². The molecule has 0 aliphatic carbocycles. The molecule has 6 heteroatoms. The highest BCUT2D eigenvalue weighted by Gasteiger charge is 2.21. The van der Waals surface area contributed by atoms with E-state index in [0.29, 0.717) is 25.9 Å². The van der Waals surface area contributed by atoms with Gasteiger partial charge in [0, 0.05) is 12.8 Å². The molecular formula is C17H30O6. The topological polar surface area (TPSA) is 78.9 Å². The molecule has 0 aliphatic rings. The summed E-state index contributed by atoms with van der Waals surface area (Å²) in [5.41, 5.74) is 0. The molecule has 134 valence electrons. The van der Waals surface area contributed by atoms with Gasteiger partial charge in [-0.05, 0) is 19.3 Å². The molecule has 0 aromatic heterocycles. The third kappa shape index (κ3) is 12.6. The average molecular weight is 330 g/mol. The van der Waals surface area contributed by atoms with Crippen molar-refractivity contribution in [3.63, 3.8) is 0 Å². The molecule has 0 fully saturated rings. The Balaban J connectivity index is 4.31. The maximum absolute atomic E-state index is 11.8. The lowest BCUT2D eigenvalue weighted by atomic mass is 10.2. The largest absolute Gasteiger partial charge is 0.466 e. The van der Waals surface area contributed by atoms with Gasteiger partial charge in [-0.15, -0.1) is 0 Å². The molecule has 1 unspecified atom stereocenters. The van der Waals surface area contributed by atoms with E-state index in [2.05, 4.69) is 6.92 Å². The molecule has 0 radical (unpaired) electrons. The highest BCUT2D eigenvalue weighted by Crippen LogP contribution is 2.07. The summed E-state index contributed by atoms with van der Waals surface area (Å²) >= 11 is 0. The Hall–Kier alpha value is -1.59. The number of carbonyl (C=O) groups is 3. The van der Waals surface area contributed by atoms with Crippen LogP contribution in [0, 0.1) is 0 Å². The molecular weight excluding hydrogens is 300 g/mol. The minimum Gasteiger partial charge on any atom is -0.466 e. The SMILES string of the molecule is CCCCCOC(=O)CC(COC(=O)CCC)OC(=O)CCC. The molecule has 0 amide bonds. The number of carbonyl (C=O) groups excluding carboxylic acids is 3. The van der Waals surface area contributed by atoms with Crippen molar-refractivity contribution < 1.29 is 28.6 Å². The first-order chi connectivity index (χ1) is 11.0. The molecule has 0 aromatic rings. The van der Waals surface area contributed by atoms with Crippen molar-refractivity contribution >= 4 is 17.9 Å². The third-order valence-corrected chi connectivity index (χ3v) is 3.04. The van der Waals surface area contributed by atoms with Gasteiger partial charge in [-0.1, -0.05) is 33.6 Å². The van der Waals surface area contributed by atoms with E-state index in [9.17, 15) is 14.4 Å². The monoisotopic (exact) mass is 330 g/mol. The van der Waals surface area contributed by atoms with Crippen molar-refractivity contribution in [2.45, 2.75) is 78.2 Å². The van der Waals surface area contributed by atoms with Gasteiger partial charge >= 0.3 is 17.9 Å². The van der Waals surface area contributed by atoms with Crippen molar-refractivity contribution in [2.75, 3.05) is 13.2 Å². The molecule has 23 heavy (non-hydrogen) atoms. The zero-order chi connectivity index (χ0) is 17.5. The van der Waals surface area contributed by atoms with E-state index in [0.717, 1.165) is 19.3 Å². The maximum atomic E-state index is 11.8. The van der Waals surface area contributed by atoms with Crippen LogP contribution in [0.25, 0.3) is 0 Å². The van der Waals surface area contributed by atoms with Crippen LogP contribution in [0.3, 0.4) is 0 Å². The molecule has 0 heterocycles. The fourth-order valence-corrected chi connectivity index (χ4v) is 1.83. The Morgan fingerprint density at radius 3 is 2.04 bits per heavy atom. The smallest absolute Gasteiger partial charge is 0.309 e. The highest BCUT2D eigenvalue weighted by molar-refractivity contribution is 5.73. The summed E-state index contributed by atoms with van der Waals surface area (Å²) in [5.74, 6) is -1.20. The molecule has 0 rings (SSSR count). The number of unbranched alkanes of at least 4 members (excludes halogenated alkanes) is 2. The van der Waals surface area contributed by atoms with E-state index in [-0.39, 0.29) is 25.4 Å². The number of hydrogen-bond donors (Lipinski definition) is 0. The molecule has 0 spiro atoms. The van der Waals surface area contributed by atoms with E-state index in [1.54, 1.807) is 0 Å². The Labute approximate surface area is 138 Å². The number of hydrogen-bond acceptors (Lipinski definition) is 6. The zero-order valence-corrected chi connectivity index (χ0v) is 14.6. The van der Waals surface area contributed by atoms with E-state index >= 15 is 0 Å². The van der Waals surface area contributed by atoms with Crippen LogP contribution in [0.5, 0.6) is 0 Å². The van der Waals surface area contributed by atoms with Crippen LogP contribution < -0.4 is 0 Å². The standard InChI is InChI=1S/C17H30O6/c1-4-7-8-11-21-17(20)12-14(23-16(19)10-6-3)13-22-15(18)9-5-2/h14H,4-13H2,1-3H3. The molecule has 0 N–H and O–H groups in total. The average Bonchev–Trinajstić information content (AvgIpc) is 2.50. The van der Waals surface area contributed by atoms with Crippen molar-refractivity contribution in [2.24, 2.45) is 0 Å². The Morgan fingerprint density at radius 1 is 0.783 bits per heavy atom. The quantitative estimate of drug-likeness (QED) is 0.293. The Morgan fingerprint density at radius 2 is 1.43 bits per heavy atom. The van der Waals surface area contributed by atoms with Crippen molar-refractivity contribution in [3.8, 4) is 0 Å². The lowest BCUT2D eigenvalue weighted by Crippen LogP contribution is -2.28. The van der Waals surface area contributed by atoms with Crippen molar-refractivity contribution in [1.82, 2.24) is 0 Å². The van der Waals surface area contributed by atoms with Crippen LogP contribution in [0.2, 0.25) is 0 Å². The Kier molecular flexibility index (Phi) is 13.1. The van der Waals surface area contributed by atoms with Crippen LogP contribution in [-0.2, 0) is 28.6 Å². The summed E-state index contributed by atoms with van der Waals surface area (Å²) in [6, 6.07) is 0. The molecule has 0 saturated heterocycles. The van der Waals surface area contributed by atoms with Crippen LogP contribution in [0.1, 0.15) is 72.1 Å². The van der Waals surface area contributed by atoms with E-state index in [1.165, 1.54) is 0 Å². The second-order valence-corrected chi connectivity index (χ2v) is 5.43. The first-order valence-corrected chi connectivity index (χ1v) is 8.54. The van der Waals surface area contributed by atoms with E-state index in [4.69, 9.17) is 14.2 Å². The summed E-state index contributed by atoms with van der Waals surface area (Å²) in [4.78, 5) is 34.8. The van der Waals surface area contributed by atoms with Crippen LogP contribution in [-0.4, -0.2) is 37.2 Å². The number of rotatable bonds is 13. The van der Waals surface area contributed by atoms with Gasteiger partial charge in [-0.2, -0.15) is 0 Å². The summed E-state index contributed by atoms with van der Waals surface area (Å²) < 4.78 is 15.3. The number of esters is 3. The van der Waals surface area contributed by atoms with Crippen LogP contribution >= 0.6 is 0 Å². The van der Waals surface area contributed by atoms with Crippen LogP contribution in [0.4, 0.5) is 0 Å². The fraction of sp³-hybridized carbons (Fsp3) is 0.824. The van der Waals surface area contributed by atoms with Gasteiger partial charge in [0.25, 0.3) is 0 Å². The van der Waals surface area contributed by atoms with Gasteiger partial charge in [-0.3, -0.25) is 14.4 Å². The summed E-state index contributed by atoms with van der Waals surface area (Å²) in [5, 5.41) is 0. The van der Waals surface area contributed by atoms with Crippen molar-refractivity contribution in [1.29, 1.82) is 0 Å². The number of ether oxygens (including phenoxy) is 3. The summed E-state index contributed by atoms with van der Waals surface area (Å²) in [6.07, 6.45) is 3.88. The molecule has 0 aliphatic heterocycles. The lowest BCUT2D eigenvalue weighted by Gasteiger charge is -2.17. The predicted octanol–water partition coefficient (Wildman–Crippen LogP) is 3.17. The van der Waals surface area contributed by atoms with Gasteiger partial charge < -0.3 is 14.2 Å². The van der Waals surface area contributed by atoms with Gasteiger partial charge in [0.15, 0.2) is 0 Å². The summed E-state index contributed by atoms with van der Waals surface area (Å²) in [6.45, 7) is 6.04. The maximum Gasteiger partial charge on any atom is 0.309 e. The summed E-state index contributed by atoms with van der Waals surface area (Å²) in [7, 11) is 0. The molecule has 0 bridgehead atoms. The van der Waals surface area contributed by atoms with E-state index < -0.39 is 18.0 Å². The molecule has 0 aromatic carbocycles. The minimum absolute atomic E-state index is 0.0962. The first kappa shape index (κ1) is 21.4. The highest BCUT2D eigenvalue weighted by atomic mass is 16.6. The molecule has 6 nitrogen and oxygen atoms in total. The second-order valence-electron chi connectivity index (χ2n) is 5.43. The van der Waals surface area contributed by atoms with Gasteiger partial charge in [0.05, 0.1) is 13.0 Å².